The van der Waals surface area contributed by atoms with Gasteiger partial charge in [0.2, 0.25) is 17.7 Å². The summed E-state index contributed by atoms with van der Waals surface area (Å²) in [6.07, 6.45) is 11.1. The fraction of sp³-hybridized carbons (Fsp3) is 0.677. The van der Waals surface area contributed by atoms with Gasteiger partial charge < -0.3 is 60.5 Å². The predicted molar refractivity (Wildman–Crippen MR) is 308 cm³/mol. The molecule has 4 rings (SSSR count). The first-order chi connectivity index (χ1) is 38.3. The van der Waals surface area contributed by atoms with Crippen LogP contribution >= 0.6 is 0 Å². The third-order valence-electron chi connectivity index (χ3n) is 17.1. The summed E-state index contributed by atoms with van der Waals surface area (Å²) in [5.41, 5.74) is 3.34. The zero-order chi connectivity index (χ0) is 60.3. The molecule has 3 fully saturated rings. The van der Waals surface area contributed by atoms with Crippen LogP contribution in [0, 0.1) is 47.3 Å². The Hall–Kier alpha value is -5.28. The van der Waals surface area contributed by atoms with Gasteiger partial charge in [-0.25, -0.2) is 5.43 Å². The molecule has 19 heteroatoms. The van der Waals surface area contributed by atoms with E-state index in [0.717, 1.165) is 12.0 Å². The number of carbonyl (C=O) groups is 6. The second kappa shape index (κ2) is 32.5. The van der Waals surface area contributed by atoms with Crippen molar-refractivity contribution in [2.24, 2.45) is 47.3 Å². The molecule has 3 heterocycles. The molecule has 0 bridgehead atoms. The largest absolute Gasteiger partial charge is 0.497 e. The Morgan fingerprint density at radius 1 is 0.951 bits per heavy atom. The highest BCUT2D eigenvalue weighted by Crippen LogP contribution is 2.46. The fourth-order valence-corrected chi connectivity index (χ4v) is 11.2. The summed E-state index contributed by atoms with van der Waals surface area (Å²) >= 11 is 0. The molecule has 0 saturated carbocycles. The smallest absolute Gasteiger partial charge is 0.324 e. The van der Waals surface area contributed by atoms with Crippen molar-refractivity contribution in [3.8, 4) is 5.75 Å². The highest BCUT2D eigenvalue weighted by molar-refractivity contribution is 5.93. The lowest BCUT2D eigenvalue weighted by Crippen LogP contribution is -2.71. The van der Waals surface area contributed by atoms with E-state index in [2.05, 4.69) is 28.3 Å². The van der Waals surface area contributed by atoms with Gasteiger partial charge in [-0.3, -0.25) is 29.0 Å². The Balaban J connectivity index is 1.31. The van der Waals surface area contributed by atoms with E-state index >= 15 is 0 Å². The predicted octanol–water partition coefficient (Wildman–Crippen LogP) is 5.32. The summed E-state index contributed by atoms with van der Waals surface area (Å²) in [4.78, 5) is 80.1. The lowest BCUT2D eigenvalue weighted by Gasteiger charge is -2.56. The number of benzene rings is 1. The number of esters is 1. The molecular formula is C62H97N5O14. The van der Waals surface area contributed by atoms with Crippen molar-refractivity contribution in [1.29, 1.82) is 0 Å². The molecule has 0 radical (unpaired) electrons. The van der Waals surface area contributed by atoms with Crippen LogP contribution in [-0.4, -0.2) is 147 Å². The van der Waals surface area contributed by atoms with E-state index in [9.17, 15) is 54.3 Å². The minimum Gasteiger partial charge on any atom is -0.497 e. The molecule has 4 amide bonds. The number of nitrogens with one attached hydrogen (secondary N) is 4. The number of ketones is 1. The van der Waals surface area contributed by atoms with Gasteiger partial charge in [0.1, 0.15) is 35.4 Å². The van der Waals surface area contributed by atoms with Crippen LogP contribution in [0.5, 0.6) is 5.75 Å². The second-order valence-corrected chi connectivity index (χ2v) is 23.5. The molecular weight excluding hydrogens is 1040 g/mol. The molecule has 3 aliphatic rings. The van der Waals surface area contributed by atoms with Gasteiger partial charge in [0, 0.05) is 55.4 Å². The summed E-state index contributed by atoms with van der Waals surface area (Å²) < 4.78 is 17.0. The van der Waals surface area contributed by atoms with Crippen LogP contribution < -0.4 is 26.1 Å². The number of aliphatic hydroxyl groups is 5. The van der Waals surface area contributed by atoms with Crippen molar-refractivity contribution in [2.45, 2.75) is 200 Å². The molecule has 0 unspecified atom stereocenters. The number of carbonyl (C=O) groups excluding carboxylic acids is 6. The normalized spacial score (nSPS) is 27.0. The van der Waals surface area contributed by atoms with E-state index in [1.807, 2.05) is 52.8 Å². The number of nitrogens with zero attached hydrogens (tertiary/aromatic N) is 1. The Labute approximate surface area is 480 Å². The maximum absolute atomic E-state index is 14.2. The monoisotopic (exact) mass is 1140 g/mol. The number of hydrogen-bond acceptors (Lipinski definition) is 15. The quantitative estimate of drug-likeness (QED) is 0.0363. The van der Waals surface area contributed by atoms with Crippen molar-refractivity contribution >= 4 is 35.4 Å². The third kappa shape index (κ3) is 19.1. The van der Waals surface area contributed by atoms with Crippen LogP contribution in [0.25, 0.3) is 0 Å². The number of aliphatic hydroxyl groups excluding tert-OH is 5. The Morgan fingerprint density at radius 3 is 2.32 bits per heavy atom. The molecule has 0 aromatic heterocycles. The first kappa shape index (κ1) is 68.2. The van der Waals surface area contributed by atoms with Crippen LogP contribution in [0.15, 0.2) is 72.4 Å². The minimum absolute atomic E-state index is 0.000159. The van der Waals surface area contributed by atoms with Crippen LogP contribution in [0.4, 0.5) is 0 Å². The number of rotatable bonds is 29. The molecule has 9 N–H and O–H groups in total. The van der Waals surface area contributed by atoms with Crippen molar-refractivity contribution < 1.29 is 68.5 Å². The molecule has 81 heavy (non-hydrogen) atoms. The van der Waals surface area contributed by atoms with Crippen molar-refractivity contribution in [2.75, 3.05) is 20.8 Å². The number of piperidine rings is 1. The highest BCUT2D eigenvalue weighted by atomic mass is 16.5. The summed E-state index contributed by atoms with van der Waals surface area (Å²) in [5.74, 6) is -5.46. The van der Waals surface area contributed by atoms with Crippen molar-refractivity contribution in [3.05, 3.63) is 77.9 Å². The van der Waals surface area contributed by atoms with Crippen LogP contribution in [0.1, 0.15) is 139 Å². The zero-order valence-electron chi connectivity index (χ0n) is 50.0. The topological polar surface area (TPSA) is 283 Å². The Kier molecular flexibility index (Phi) is 27.4. The van der Waals surface area contributed by atoms with E-state index in [1.165, 1.54) is 32.2 Å². The molecule has 3 saturated heterocycles. The lowest BCUT2D eigenvalue weighted by molar-refractivity contribution is -0.267. The number of hydrogen-bond donors (Lipinski definition) is 9. The standard InChI is InChI=1S/C62H97N5O14/c1-13-45-32-39(6)62(65-57(45)74)43(10)55(72)42(9)53(81-62)35-52(71)38(5)23-17-14-16-22-37(4)50(69)27-18-15-19-28-51(70)41(8)56(73)47(30-29-40(7)68)58(75)64-54(36(2)3)59(76)63-49(34-44-24-20-25-46(33-44)79-11)60(77)67-31-21-26-48(66-67)61(78)80-12/h14-16,18-20,22,24-25,28,33,36,38-39,41-43,45,47-56,66,69-73H,13,17,21,23,26-27,29-32,34-35H2,1-12H3,(H,63,76)(H,64,75)(H,65,74)/t38-,39-,41-,42-,43-,45-,47+,48-,49-,50-,51+,52-,53-,54-,55-,56+,62+/m0/s1. The molecule has 1 aromatic rings. The van der Waals surface area contributed by atoms with Crippen molar-refractivity contribution in [1.82, 2.24) is 26.4 Å². The zero-order valence-corrected chi connectivity index (χ0v) is 50.0. The van der Waals surface area contributed by atoms with Gasteiger partial charge in [0.15, 0.2) is 0 Å². The lowest BCUT2D eigenvalue weighted by atomic mass is 9.69. The van der Waals surface area contributed by atoms with Gasteiger partial charge in [-0.2, -0.15) is 0 Å². The van der Waals surface area contributed by atoms with Crippen molar-refractivity contribution in [3.63, 3.8) is 0 Å². The average Bonchev–Trinajstić information content (AvgIpc) is 3.51. The molecule has 0 aliphatic carbocycles. The second-order valence-electron chi connectivity index (χ2n) is 23.5. The van der Waals surface area contributed by atoms with E-state index < -0.39 is 102 Å². The molecule has 454 valence electrons. The number of methoxy groups -OCH3 is 2. The summed E-state index contributed by atoms with van der Waals surface area (Å²) in [5, 5.41) is 66.3. The maximum atomic E-state index is 14.2. The molecule has 1 aromatic carbocycles. The summed E-state index contributed by atoms with van der Waals surface area (Å²) in [6.45, 7) is 18.4. The van der Waals surface area contributed by atoms with Gasteiger partial charge in [-0.05, 0) is 100 Å². The number of allylic oxidation sites excluding steroid dienone is 5. The number of hydrazine groups is 1. The van der Waals surface area contributed by atoms with Gasteiger partial charge in [0.25, 0.3) is 5.91 Å². The SMILES string of the molecule is CC[C@H]1C[C@H](C)[C@@]2(NC1=O)O[C@@H](C[C@H](O)[C@@H](C)CCC=CC=C(C)[C@@H](O)CC=CC=C[C@@H](O)[C@H](C)[C@@H](O)[C@@H](CCC(C)=O)C(=O)N[C@H](C(=O)N[C@@H](Cc1cccc(OC)c1)C(=O)N1CCC[C@@H](C(=O)OC)N1)C(C)C)[C@H](C)[C@H](O)[C@@H]2C. The molecule has 19 nitrogen and oxygen atoms in total. The first-order valence-electron chi connectivity index (χ1n) is 29.3. The van der Waals surface area contributed by atoms with E-state index in [1.54, 1.807) is 63.3 Å². The third-order valence-corrected chi connectivity index (χ3v) is 17.1. The fourth-order valence-electron chi connectivity index (χ4n) is 11.2. The number of Topliss-reactive ketones (excluding diaryl/α,β-unsaturated/α-hetero) is 1. The van der Waals surface area contributed by atoms with Gasteiger partial charge >= 0.3 is 5.97 Å². The minimum atomic E-state index is -1.45. The van der Waals surface area contributed by atoms with Crippen LogP contribution in [-0.2, 0) is 44.7 Å². The number of ether oxygens (including phenoxy) is 3. The summed E-state index contributed by atoms with van der Waals surface area (Å²) in [6, 6.07) is 3.92. The number of amides is 4. The summed E-state index contributed by atoms with van der Waals surface area (Å²) in [7, 11) is 2.77. The first-order valence-corrected chi connectivity index (χ1v) is 29.3. The van der Waals surface area contributed by atoms with Crippen LogP contribution in [0.2, 0.25) is 0 Å². The highest BCUT2D eigenvalue weighted by Gasteiger charge is 2.57. The van der Waals surface area contributed by atoms with E-state index in [4.69, 9.17) is 14.2 Å². The molecule has 3 aliphatic heterocycles. The van der Waals surface area contributed by atoms with E-state index in [0.29, 0.717) is 49.8 Å². The van der Waals surface area contributed by atoms with Gasteiger partial charge in [-0.15, -0.1) is 0 Å². The van der Waals surface area contributed by atoms with E-state index in [-0.39, 0.29) is 73.5 Å². The molecule has 17 atom stereocenters. The van der Waals surface area contributed by atoms with Gasteiger partial charge in [0.05, 0.1) is 56.8 Å². The van der Waals surface area contributed by atoms with Crippen LogP contribution in [0.3, 0.4) is 0 Å². The molecule has 1 spiro atoms. The Morgan fingerprint density at radius 2 is 1.67 bits per heavy atom. The maximum Gasteiger partial charge on any atom is 0.324 e. The Bertz CT molecular complexity index is 2360. The van der Waals surface area contributed by atoms with Gasteiger partial charge in [-0.1, -0.05) is 110 Å². The average molecular weight is 1140 g/mol.